The maximum atomic E-state index is 13.2. The molecular formula is C18H20N4O2. The van der Waals surface area contributed by atoms with Crippen molar-refractivity contribution in [2.45, 2.75) is 25.5 Å². The first kappa shape index (κ1) is 14.0. The standard InChI is InChI=1S/C18H20N4O2/c23-18(22-10-9-21-7-5-12(22)6-8-21)17-14-11-24-15-4-2-1-3-13(15)16(14)19-20-17/h1-4,12H,5-11H2,(H,19,20). The topological polar surface area (TPSA) is 61.5 Å². The minimum Gasteiger partial charge on any atom is -0.488 e. The summed E-state index contributed by atoms with van der Waals surface area (Å²) in [4.78, 5) is 17.7. The van der Waals surface area contributed by atoms with Crippen LogP contribution in [0, 0.1) is 0 Å². The zero-order valence-electron chi connectivity index (χ0n) is 13.5. The number of carbonyl (C=O) groups excluding carboxylic acids is 1. The maximum Gasteiger partial charge on any atom is 0.272 e. The van der Waals surface area contributed by atoms with E-state index in [1.54, 1.807) is 0 Å². The number of para-hydroxylation sites is 1. The molecule has 0 radical (unpaired) electrons. The fourth-order valence-corrected chi connectivity index (χ4v) is 4.14. The van der Waals surface area contributed by atoms with Crippen molar-refractivity contribution >= 4 is 5.91 Å². The molecular weight excluding hydrogens is 304 g/mol. The van der Waals surface area contributed by atoms with Crippen LogP contribution in [0.15, 0.2) is 24.3 Å². The van der Waals surface area contributed by atoms with E-state index in [0.29, 0.717) is 18.3 Å². The summed E-state index contributed by atoms with van der Waals surface area (Å²) in [6, 6.07) is 8.20. The summed E-state index contributed by atoms with van der Waals surface area (Å²) in [5, 5.41) is 7.43. The van der Waals surface area contributed by atoms with Crippen molar-refractivity contribution < 1.29 is 9.53 Å². The van der Waals surface area contributed by atoms with Gasteiger partial charge in [-0.05, 0) is 25.0 Å². The first-order valence-corrected chi connectivity index (χ1v) is 8.64. The maximum absolute atomic E-state index is 13.2. The summed E-state index contributed by atoms with van der Waals surface area (Å²) < 4.78 is 5.83. The highest BCUT2D eigenvalue weighted by Crippen LogP contribution is 2.37. The predicted octanol–water partition coefficient (Wildman–Crippen LogP) is 1.89. The Hall–Kier alpha value is -2.34. The normalized spacial score (nSPS) is 24.8. The molecule has 124 valence electrons. The monoisotopic (exact) mass is 324 g/mol. The van der Waals surface area contributed by atoms with Crippen molar-refractivity contribution in [1.29, 1.82) is 0 Å². The number of hydrogen-bond donors (Lipinski definition) is 1. The van der Waals surface area contributed by atoms with Crippen LogP contribution in [0.1, 0.15) is 28.9 Å². The van der Waals surface area contributed by atoms with Crippen molar-refractivity contribution in [3.05, 3.63) is 35.5 Å². The van der Waals surface area contributed by atoms with Gasteiger partial charge in [-0.1, -0.05) is 12.1 Å². The van der Waals surface area contributed by atoms with E-state index in [1.165, 1.54) is 0 Å². The number of amides is 1. The molecule has 0 aliphatic carbocycles. The van der Waals surface area contributed by atoms with Crippen LogP contribution in [0.3, 0.4) is 0 Å². The van der Waals surface area contributed by atoms with Crippen LogP contribution in [-0.4, -0.2) is 58.1 Å². The number of piperidine rings is 1. The average molecular weight is 324 g/mol. The Morgan fingerprint density at radius 2 is 2.00 bits per heavy atom. The number of benzene rings is 1. The van der Waals surface area contributed by atoms with Gasteiger partial charge in [0.25, 0.3) is 5.91 Å². The zero-order chi connectivity index (χ0) is 16.1. The summed E-state index contributed by atoms with van der Waals surface area (Å²) in [6.45, 7) is 4.37. The van der Waals surface area contributed by atoms with Gasteiger partial charge in [-0.2, -0.15) is 5.10 Å². The van der Waals surface area contributed by atoms with Crippen molar-refractivity contribution in [2.24, 2.45) is 0 Å². The molecule has 3 fully saturated rings. The van der Waals surface area contributed by atoms with Gasteiger partial charge < -0.3 is 14.5 Å². The van der Waals surface area contributed by atoms with E-state index < -0.39 is 0 Å². The highest BCUT2D eigenvalue weighted by Gasteiger charge is 2.35. The lowest BCUT2D eigenvalue weighted by molar-refractivity contribution is 0.0676. The third-order valence-electron chi connectivity index (χ3n) is 5.51. The minimum atomic E-state index is 0.0699. The lowest BCUT2D eigenvalue weighted by Crippen LogP contribution is -2.42. The largest absolute Gasteiger partial charge is 0.488 e. The molecule has 0 unspecified atom stereocenters. The van der Waals surface area contributed by atoms with Crippen LogP contribution >= 0.6 is 0 Å². The number of H-pyrrole nitrogens is 1. The van der Waals surface area contributed by atoms with Gasteiger partial charge >= 0.3 is 0 Å². The quantitative estimate of drug-likeness (QED) is 0.870. The van der Waals surface area contributed by atoms with Crippen molar-refractivity contribution in [1.82, 2.24) is 20.0 Å². The van der Waals surface area contributed by atoms with Gasteiger partial charge in [-0.15, -0.1) is 0 Å². The highest BCUT2D eigenvalue weighted by atomic mass is 16.5. The molecule has 1 amide bonds. The molecule has 1 aromatic carbocycles. The summed E-state index contributed by atoms with van der Waals surface area (Å²) in [7, 11) is 0. The molecule has 4 aliphatic rings. The Bertz CT molecular complexity index is 792. The SMILES string of the molecule is O=C(c1[nH]nc2c1COc1ccccc1-2)N1CCN2CCC1CC2. The molecule has 3 saturated heterocycles. The Kier molecular flexibility index (Phi) is 3.13. The number of rotatable bonds is 1. The van der Waals surface area contributed by atoms with Crippen molar-refractivity contribution in [3.63, 3.8) is 0 Å². The molecule has 24 heavy (non-hydrogen) atoms. The van der Waals surface area contributed by atoms with E-state index in [0.717, 1.165) is 61.6 Å². The third kappa shape index (κ3) is 2.06. The van der Waals surface area contributed by atoms with E-state index in [4.69, 9.17) is 4.74 Å². The number of hydrogen-bond acceptors (Lipinski definition) is 4. The number of nitrogens with one attached hydrogen (secondary N) is 1. The zero-order valence-corrected chi connectivity index (χ0v) is 13.5. The molecule has 4 aliphatic heterocycles. The van der Waals surface area contributed by atoms with Crippen LogP contribution in [0.25, 0.3) is 11.3 Å². The number of carbonyl (C=O) groups is 1. The van der Waals surface area contributed by atoms with Crippen LogP contribution in [0.2, 0.25) is 0 Å². The molecule has 2 aromatic rings. The molecule has 6 heteroatoms. The Morgan fingerprint density at radius 1 is 1.17 bits per heavy atom. The fraction of sp³-hybridized carbons (Fsp3) is 0.444. The molecule has 0 spiro atoms. The van der Waals surface area contributed by atoms with E-state index >= 15 is 0 Å². The lowest BCUT2D eigenvalue weighted by atomic mass is 10.0. The first-order valence-electron chi connectivity index (χ1n) is 8.64. The van der Waals surface area contributed by atoms with E-state index in [1.807, 2.05) is 29.2 Å². The molecule has 1 N–H and O–H groups in total. The molecule has 5 heterocycles. The molecule has 6 rings (SSSR count). The number of aromatic amines is 1. The molecule has 0 atom stereocenters. The van der Waals surface area contributed by atoms with Gasteiger partial charge in [0, 0.05) is 43.3 Å². The van der Waals surface area contributed by atoms with E-state index in [-0.39, 0.29) is 5.91 Å². The summed E-state index contributed by atoms with van der Waals surface area (Å²) in [6.07, 6.45) is 2.14. The average Bonchev–Trinajstić information content (AvgIpc) is 2.84. The Labute approximate surface area is 140 Å². The number of aromatic nitrogens is 2. The smallest absolute Gasteiger partial charge is 0.272 e. The van der Waals surface area contributed by atoms with Gasteiger partial charge in [0.15, 0.2) is 0 Å². The predicted molar refractivity (Wildman–Crippen MR) is 88.9 cm³/mol. The molecule has 1 aromatic heterocycles. The molecule has 0 saturated carbocycles. The first-order chi connectivity index (χ1) is 11.8. The number of nitrogens with zero attached hydrogens (tertiary/aromatic N) is 3. The van der Waals surface area contributed by atoms with E-state index in [9.17, 15) is 4.79 Å². The van der Waals surface area contributed by atoms with Gasteiger partial charge in [-0.3, -0.25) is 9.89 Å². The Balaban J connectivity index is 1.50. The van der Waals surface area contributed by atoms with Crippen LogP contribution in [0.5, 0.6) is 5.75 Å². The number of ether oxygens (including phenoxy) is 1. The summed E-state index contributed by atoms with van der Waals surface area (Å²) >= 11 is 0. The molecule has 6 nitrogen and oxygen atoms in total. The van der Waals surface area contributed by atoms with Crippen molar-refractivity contribution in [2.75, 3.05) is 26.2 Å². The number of fused-ring (bicyclic) bond motifs is 7. The third-order valence-corrected chi connectivity index (χ3v) is 5.51. The van der Waals surface area contributed by atoms with Gasteiger partial charge in [0.2, 0.25) is 0 Å². The Morgan fingerprint density at radius 3 is 2.88 bits per heavy atom. The fourth-order valence-electron chi connectivity index (χ4n) is 4.14. The second kappa shape index (κ2) is 5.34. The minimum absolute atomic E-state index is 0.0699. The van der Waals surface area contributed by atoms with Crippen LogP contribution in [0.4, 0.5) is 0 Å². The second-order valence-corrected chi connectivity index (χ2v) is 6.78. The molecule has 2 bridgehead atoms. The van der Waals surface area contributed by atoms with Gasteiger partial charge in [-0.25, -0.2) is 0 Å². The van der Waals surface area contributed by atoms with Crippen LogP contribution in [-0.2, 0) is 6.61 Å². The highest BCUT2D eigenvalue weighted by molar-refractivity contribution is 5.96. The van der Waals surface area contributed by atoms with Gasteiger partial charge in [0.05, 0.1) is 0 Å². The summed E-state index contributed by atoms with van der Waals surface area (Å²) in [5.41, 5.74) is 3.29. The second-order valence-electron chi connectivity index (χ2n) is 6.78. The lowest BCUT2D eigenvalue weighted by Gasteiger charge is -2.31. The van der Waals surface area contributed by atoms with Crippen molar-refractivity contribution in [3.8, 4) is 17.0 Å². The summed E-state index contributed by atoms with van der Waals surface area (Å²) in [5.74, 6) is 0.900. The van der Waals surface area contributed by atoms with Crippen LogP contribution < -0.4 is 4.74 Å². The van der Waals surface area contributed by atoms with E-state index in [2.05, 4.69) is 15.1 Å². The van der Waals surface area contributed by atoms with Gasteiger partial charge in [0.1, 0.15) is 23.7 Å².